The number of benzene rings is 2. The monoisotopic (exact) mass is 577 g/mol. The molecule has 0 unspecified atom stereocenters. The van der Waals surface area contributed by atoms with E-state index in [4.69, 9.17) is 0 Å². The van der Waals surface area contributed by atoms with Gasteiger partial charge in [0.1, 0.15) is 15.8 Å². The number of amides is 1. The van der Waals surface area contributed by atoms with E-state index in [1.165, 1.54) is 0 Å². The number of carbonyl (C=O) groups excluding carboxylic acids is 2. The van der Waals surface area contributed by atoms with Crippen LogP contribution in [0.4, 0.5) is 11.6 Å². The number of carbonyl (C=O) groups is 2. The molecule has 6 rings (SSSR count). The van der Waals surface area contributed by atoms with Crippen molar-refractivity contribution in [2.75, 3.05) is 23.3 Å². The van der Waals surface area contributed by atoms with E-state index in [1.54, 1.807) is 23.6 Å². The standard InChI is InChI=1S/C32H31N7O2S/c1-21-4-2-5-22(16-21)19-30(41)34-28-9-10-29(36-35-28)39-14-11-24(12-15-39)32-38-37-31(42-32)20-26(40)18-23-7-8-27-25(17-23)6-3-13-33-27/h2-10,13,16-17,24H,11-12,14-15,18-20H2,1H3,(H,34,35,41). The van der Waals surface area contributed by atoms with Crippen LogP contribution in [0.2, 0.25) is 0 Å². The van der Waals surface area contributed by atoms with Crippen molar-refractivity contribution in [3.05, 3.63) is 99.6 Å². The number of aromatic nitrogens is 5. The molecule has 1 amide bonds. The third kappa shape index (κ3) is 6.83. The van der Waals surface area contributed by atoms with Gasteiger partial charge in [-0.2, -0.15) is 0 Å². The maximum absolute atomic E-state index is 12.8. The number of fused-ring (bicyclic) bond motifs is 1. The molecule has 0 saturated carbocycles. The fourth-order valence-corrected chi connectivity index (χ4v) is 6.35. The topological polar surface area (TPSA) is 114 Å². The molecule has 42 heavy (non-hydrogen) atoms. The summed E-state index contributed by atoms with van der Waals surface area (Å²) in [5.41, 5.74) is 4.00. The number of anilines is 2. The summed E-state index contributed by atoms with van der Waals surface area (Å²) in [6, 6.07) is 21.5. The van der Waals surface area contributed by atoms with Crippen LogP contribution in [0.3, 0.4) is 0 Å². The molecule has 4 heterocycles. The van der Waals surface area contributed by atoms with Gasteiger partial charge in [-0.3, -0.25) is 14.6 Å². The smallest absolute Gasteiger partial charge is 0.229 e. The first-order valence-electron chi connectivity index (χ1n) is 14.1. The number of pyridine rings is 1. The van der Waals surface area contributed by atoms with Crippen LogP contribution < -0.4 is 10.2 Å². The van der Waals surface area contributed by atoms with Crippen LogP contribution in [-0.2, 0) is 28.9 Å². The summed E-state index contributed by atoms with van der Waals surface area (Å²) in [5, 5.41) is 23.0. The third-order valence-corrected chi connectivity index (χ3v) is 8.52. The van der Waals surface area contributed by atoms with Crippen molar-refractivity contribution in [2.45, 2.75) is 44.9 Å². The first-order valence-corrected chi connectivity index (χ1v) is 14.9. The summed E-state index contributed by atoms with van der Waals surface area (Å²) in [6.45, 7) is 3.65. The number of piperidine rings is 1. The Bertz CT molecular complexity index is 1710. The van der Waals surface area contributed by atoms with Gasteiger partial charge in [0.15, 0.2) is 11.6 Å². The zero-order valence-corrected chi connectivity index (χ0v) is 24.2. The van der Waals surface area contributed by atoms with E-state index < -0.39 is 0 Å². The zero-order chi connectivity index (χ0) is 28.9. The van der Waals surface area contributed by atoms with Crippen molar-refractivity contribution in [3.63, 3.8) is 0 Å². The summed E-state index contributed by atoms with van der Waals surface area (Å²) in [4.78, 5) is 31.7. The molecule has 1 N–H and O–H groups in total. The number of Topliss-reactive ketones (excluding diaryl/α,β-unsaturated/α-hetero) is 1. The molecule has 5 aromatic rings. The van der Waals surface area contributed by atoms with Gasteiger partial charge < -0.3 is 10.2 Å². The molecule has 1 fully saturated rings. The van der Waals surface area contributed by atoms with E-state index in [-0.39, 0.29) is 11.7 Å². The second-order valence-corrected chi connectivity index (χ2v) is 11.8. The predicted octanol–water partition coefficient (Wildman–Crippen LogP) is 5.10. The van der Waals surface area contributed by atoms with E-state index in [2.05, 4.69) is 35.6 Å². The number of aryl methyl sites for hydroxylation is 1. The minimum Gasteiger partial charge on any atom is -0.355 e. The molecule has 0 bridgehead atoms. The molecule has 0 atom stereocenters. The summed E-state index contributed by atoms with van der Waals surface area (Å²) in [7, 11) is 0. The van der Waals surface area contributed by atoms with Crippen LogP contribution in [0.5, 0.6) is 0 Å². The largest absolute Gasteiger partial charge is 0.355 e. The zero-order valence-electron chi connectivity index (χ0n) is 23.4. The lowest BCUT2D eigenvalue weighted by Gasteiger charge is -2.31. The van der Waals surface area contributed by atoms with E-state index in [1.807, 2.05) is 67.6 Å². The SMILES string of the molecule is Cc1cccc(CC(=O)Nc2ccc(N3CCC(c4nnc(CC(=O)Cc5ccc6ncccc6c5)s4)CC3)nn2)c1. The van der Waals surface area contributed by atoms with Gasteiger partial charge in [-0.1, -0.05) is 42.0 Å². The normalized spacial score (nSPS) is 13.8. The molecule has 9 nitrogen and oxygen atoms in total. The molecule has 212 valence electrons. The van der Waals surface area contributed by atoms with Crippen molar-refractivity contribution >= 4 is 45.6 Å². The highest BCUT2D eigenvalue weighted by Gasteiger charge is 2.25. The molecular formula is C32H31N7O2S. The lowest BCUT2D eigenvalue weighted by Crippen LogP contribution is -2.33. The molecule has 10 heteroatoms. The van der Waals surface area contributed by atoms with Crippen molar-refractivity contribution in [3.8, 4) is 0 Å². The Morgan fingerprint density at radius 1 is 0.881 bits per heavy atom. The molecule has 0 radical (unpaired) electrons. The highest BCUT2D eigenvalue weighted by Crippen LogP contribution is 2.32. The highest BCUT2D eigenvalue weighted by atomic mass is 32.1. The molecule has 0 aliphatic carbocycles. The van der Waals surface area contributed by atoms with Crippen molar-refractivity contribution in [1.82, 2.24) is 25.4 Å². The quantitative estimate of drug-likeness (QED) is 0.257. The van der Waals surface area contributed by atoms with Crippen LogP contribution in [0.1, 0.15) is 45.5 Å². The minimum absolute atomic E-state index is 0.118. The molecule has 2 aromatic carbocycles. The second kappa shape index (κ2) is 12.5. The Hall–Kier alpha value is -4.57. The summed E-state index contributed by atoms with van der Waals surface area (Å²) < 4.78 is 0. The number of nitrogens with one attached hydrogen (secondary N) is 1. The predicted molar refractivity (Wildman–Crippen MR) is 164 cm³/mol. The van der Waals surface area contributed by atoms with Gasteiger partial charge in [0.2, 0.25) is 5.91 Å². The fourth-order valence-electron chi connectivity index (χ4n) is 5.31. The fraction of sp³-hybridized carbons (Fsp3) is 0.281. The number of hydrogen-bond donors (Lipinski definition) is 1. The third-order valence-electron chi connectivity index (χ3n) is 7.43. The maximum atomic E-state index is 12.8. The van der Waals surface area contributed by atoms with E-state index in [0.717, 1.165) is 69.4 Å². The highest BCUT2D eigenvalue weighted by molar-refractivity contribution is 7.11. The maximum Gasteiger partial charge on any atom is 0.229 e. The molecule has 0 spiro atoms. The van der Waals surface area contributed by atoms with Crippen LogP contribution in [0.15, 0.2) is 72.9 Å². The van der Waals surface area contributed by atoms with Crippen LogP contribution in [-0.4, -0.2) is 50.2 Å². The Kier molecular flexibility index (Phi) is 8.23. The average molecular weight is 578 g/mol. The number of rotatable bonds is 9. The van der Waals surface area contributed by atoms with Gasteiger partial charge in [0.25, 0.3) is 0 Å². The molecule has 1 aliphatic rings. The number of hydrogen-bond acceptors (Lipinski definition) is 9. The lowest BCUT2D eigenvalue weighted by molar-refractivity contribution is -0.118. The molecular weight excluding hydrogens is 546 g/mol. The minimum atomic E-state index is -0.118. The number of nitrogens with zero attached hydrogens (tertiary/aromatic N) is 6. The van der Waals surface area contributed by atoms with Gasteiger partial charge in [-0.05, 0) is 61.2 Å². The molecule has 1 saturated heterocycles. The Morgan fingerprint density at radius 2 is 1.74 bits per heavy atom. The van der Waals surface area contributed by atoms with E-state index in [0.29, 0.717) is 31.0 Å². The Labute approximate surface area is 248 Å². The van der Waals surface area contributed by atoms with Gasteiger partial charge in [0.05, 0.1) is 18.4 Å². The van der Waals surface area contributed by atoms with Gasteiger partial charge in [-0.25, -0.2) is 0 Å². The van der Waals surface area contributed by atoms with Gasteiger partial charge >= 0.3 is 0 Å². The van der Waals surface area contributed by atoms with Crippen LogP contribution >= 0.6 is 11.3 Å². The summed E-state index contributed by atoms with van der Waals surface area (Å²) in [5.74, 6) is 1.55. The first-order chi connectivity index (χ1) is 20.5. The van der Waals surface area contributed by atoms with Crippen molar-refractivity contribution in [2.24, 2.45) is 0 Å². The second-order valence-electron chi connectivity index (χ2n) is 10.7. The first kappa shape index (κ1) is 27.6. The van der Waals surface area contributed by atoms with Crippen molar-refractivity contribution in [1.29, 1.82) is 0 Å². The Balaban J connectivity index is 0.976. The summed E-state index contributed by atoms with van der Waals surface area (Å²) >= 11 is 1.55. The number of ketones is 1. The Morgan fingerprint density at radius 3 is 2.55 bits per heavy atom. The van der Waals surface area contributed by atoms with Crippen LogP contribution in [0, 0.1) is 6.92 Å². The average Bonchev–Trinajstić information content (AvgIpc) is 3.46. The van der Waals surface area contributed by atoms with Crippen LogP contribution in [0.25, 0.3) is 10.9 Å². The van der Waals surface area contributed by atoms with E-state index in [9.17, 15) is 9.59 Å². The van der Waals surface area contributed by atoms with Gasteiger partial charge in [0, 0.05) is 37.0 Å². The summed E-state index contributed by atoms with van der Waals surface area (Å²) in [6.07, 6.45) is 4.57. The molecule has 3 aromatic heterocycles. The van der Waals surface area contributed by atoms with E-state index >= 15 is 0 Å². The van der Waals surface area contributed by atoms with Gasteiger partial charge in [-0.15, -0.1) is 31.7 Å². The van der Waals surface area contributed by atoms with Crippen molar-refractivity contribution < 1.29 is 9.59 Å². The lowest BCUT2D eigenvalue weighted by atomic mass is 9.98. The molecule has 1 aliphatic heterocycles.